The Morgan fingerprint density at radius 2 is 2.12 bits per heavy atom. The highest BCUT2D eigenvalue weighted by Crippen LogP contribution is 2.34. The van der Waals surface area contributed by atoms with Gasteiger partial charge in [0.15, 0.2) is 11.6 Å². The molecule has 2 saturated heterocycles. The topological polar surface area (TPSA) is 50.8 Å². The third kappa shape index (κ3) is 3.83. The Balaban J connectivity index is 1.75. The van der Waals surface area contributed by atoms with Crippen molar-refractivity contribution in [2.75, 3.05) is 46.5 Å². The first kappa shape index (κ1) is 18.2. The molecule has 2 aliphatic heterocycles. The third-order valence-corrected chi connectivity index (χ3v) is 5.10. The van der Waals surface area contributed by atoms with Gasteiger partial charge in [-0.05, 0) is 43.6 Å². The lowest BCUT2D eigenvalue weighted by Crippen LogP contribution is -2.54. The van der Waals surface area contributed by atoms with E-state index in [0.717, 1.165) is 38.1 Å². The number of benzene rings is 1. The summed E-state index contributed by atoms with van der Waals surface area (Å²) in [5.41, 5.74) is 0.0261. The Kier molecular flexibility index (Phi) is 5.66. The lowest BCUT2D eigenvalue weighted by Gasteiger charge is -2.42. The summed E-state index contributed by atoms with van der Waals surface area (Å²) in [6.07, 6.45) is 1.01. The van der Waals surface area contributed by atoms with Gasteiger partial charge in [0, 0.05) is 13.7 Å². The lowest BCUT2D eigenvalue weighted by atomic mass is 9.78. The Morgan fingerprint density at radius 1 is 1.36 bits per heavy atom. The number of morpholine rings is 1. The number of rotatable bonds is 4. The van der Waals surface area contributed by atoms with Crippen LogP contribution in [0.5, 0.6) is 0 Å². The predicted molar refractivity (Wildman–Crippen MR) is 88.0 cm³/mol. The molecule has 7 heteroatoms. The fourth-order valence-electron chi connectivity index (χ4n) is 3.69. The largest absolute Gasteiger partial charge is 0.384 e. The Hall–Kier alpha value is -1.57. The summed E-state index contributed by atoms with van der Waals surface area (Å²) in [5, 5.41) is 3.27. The molecule has 25 heavy (non-hydrogen) atoms. The van der Waals surface area contributed by atoms with Gasteiger partial charge in [-0.3, -0.25) is 4.79 Å². The van der Waals surface area contributed by atoms with Crippen molar-refractivity contribution in [3.8, 4) is 0 Å². The Bertz CT molecular complexity index is 615. The van der Waals surface area contributed by atoms with Crippen LogP contribution in [0.3, 0.4) is 0 Å². The lowest BCUT2D eigenvalue weighted by molar-refractivity contribution is -0.155. The number of piperidine rings is 1. The quantitative estimate of drug-likeness (QED) is 0.897. The van der Waals surface area contributed by atoms with Gasteiger partial charge < -0.3 is 19.7 Å². The minimum absolute atomic E-state index is 0.0618. The van der Waals surface area contributed by atoms with Crippen molar-refractivity contribution in [3.05, 3.63) is 35.4 Å². The molecule has 1 amide bonds. The van der Waals surface area contributed by atoms with Gasteiger partial charge in [-0.2, -0.15) is 0 Å². The molecule has 1 aromatic rings. The molecule has 2 fully saturated rings. The summed E-state index contributed by atoms with van der Waals surface area (Å²) in [7, 11) is 1.61. The minimum atomic E-state index is -0.904. The number of amides is 1. The van der Waals surface area contributed by atoms with Gasteiger partial charge in [-0.25, -0.2) is 8.78 Å². The fourth-order valence-corrected chi connectivity index (χ4v) is 3.69. The molecular formula is C18H24F2N2O3. The summed E-state index contributed by atoms with van der Waals surface area (Å²) in [4.78, 5) is 15.0. The molecule has 3 rings (SSSR count). The molecule has 1 atom stereocenters. The van der Waals surface area contributed by atoms with E-state index in [1.165, 1.54) is 6.07 Å². The van der Waals surface area contributed by atoms with E-state index in [1.807, 2.05) is 0 Å². The monoisotopic (exact) mass is 354 g/mol. The SMILES string of the molecule is COCC1(C(=O)N2CCOC(c3ccc(F)c(F)c3)C2)CCNCC1. The van der Waals surface area contributed by atoms with Crippen molar-refractivity contribution in [1.29, 1.82) is 0 Å². The van der Waals surface area contributed by atoms with Crippen molar-refractivity contribution in [3.63, 3.8) is 0 Å². The number of halogens is 2. The molecule has 138 valence electrons. The van der Waals surface area contributed by atoms with Crippen LogP contribution in [0.1, 0.15) is 24.5 Å². The van der Waals surface area contributed by atoms with Gasteiger partial charge in [0.05, 0.1) is 25.2 Å². The van der Waals surface area contributed by atoms with Crippen LogP contribution < -0.4 is 5.32 Å². The van der Waals surface area contributed by atoms with Gasteiger partial charge in [0.2, 0.25) is 5.91 Å². The van der Waals surface area contributed by atoms with Crippen molar-refractivity contribution in [1.82, 2.24) is 10.2 Å². The predicted octanol–water partition coefficient (Wildman–Crippen LogP) is 1.88. The average Bonchev–Trinajstić information content (AvgIpc) is 2.64. The Morgan fingerprint density at radius 3 is 2.80 bits per heavy atom. The molecule has 1 N–H and O–H groups in total. The van der Waals surface area contributed by atoms with Gasteiger partial charge in [0.1, 0.15) is 6.10 Å². The molecule has 0 spiro atoms. The number of nitrogens with one attached hydrogen (secondary N) is 1. The highest BCUT2D eigenvalue weighted by atomic mass is 19.2. The van der Waals surface area contributed by atoms with Crippen molar-refractivity contribution in [2.24, 2.45) is 5.41 Å². The zero-order chi connectivity index (χ0) is 17.9. The first-order valence-electron chi connectivity index (χ1n) is 8.61. The highest BCUT2D eigenvalue weighted by Gasteiger charge is 2.43. The van der Waals surface area contributed by atoms with E-state index in [4.69, 9.17) is 9.47 Å². The molecule has 1 unspecified atom stereocenters. The van der Waals surface area contributed by atoms with E-state index in [9.17, 15) is 13.6 Å². The number of nitrogens with zero attached hydrogens (tertiary/aromatic N) is 1. The highest BCUT2D eigenvalue weighted by molar-refractivity contribution is 5.83. The molecule has 0 radical (unpaired) electrons. The van der Waals surface area contributed by atoms with Crippen LogP contribution in [-0.2, 0) is 14.3 Å². The van der Waals surface area contributed by atoms with Gasteiger partial charge in [-0.1, -0.05) is 6.07 Å². The van der Waals surface area contributed by atoms with Gasteiger partial charge >= 0.3 is 0 Å². The van der Waals surface area contributed by atoms with Crippen LogP contribution in [0.2, 0.25) is 0 Å². The average molecular weight is 354 g/mol. The molecule has 0 aromatic heterocycles. The maximum absolute atomic E-state index is 13.5. The molecular weight excluding hydrogens is 330 g/mol. The summed E-state index contributed by atoms with van der Waals surface area (Å²) in [6.45, 7) is 3.16. The maximum Gasteiger partial charge on any atom is 0.231 e. The van der Waals surface area contributed by atoms with Gasteiger partial charge in [-0.15, -0.1) is 0 Å². The van der Waals surface area contributed by atoms with Crippen LogP contribution in [-0.4, -0.2) is 57.3 Å². The number of carbonyl (C=O) groups excluding carboxylic acids is 1. The standard InChI is InChI=1S/C18H24F2N2O3/c1-24-12-18(4-6-21-7-5-18)17(23)22-8-9-25-16(11-22)13-2-3-14(19)15(20)10-13/h2-3,10,16,21H,4-9,11-12H2,1H3. The van der Waals surface area contributed by atoms with E-state index in [-0.39, 0.29) is 5.91 Å². The van der Waals surface area contributed by atoms with Crippen molar-refractivity contribution < 1.29 is 23.0 Å². The first-order valence-corrected chi connectivity index (χ1v) is 8.61. The van der Waals surface area contributed by atoms with Crippen LogP contribution >= 0.6 is 0 Å². The maximum atomic E-state index is 13.5. The third-order valence-electron chi connectivity index (χ3n) is 5.10. The van der Waals surface area contributed by atoms with Crippen molar-refractivity contribution >= 4 is 5.91 Å². The molecule has 0 saturated carbocycles. The van der Waals surface area contributed by atoms with Crippen LogP contribution in [0, 0.1) is 17.0 Å². The molecule has 1 aromatic carbocycles. The number of hydrogen-bond acceptors (Lipinski definition) is 4. The number of hydrogen-bond donors (Lipinski definition) is 1. The second-order valence-electron chi connectivity index (χ2n) is 6.75. The van der Waals surface area contributed by atoms with E-state index >= 15 is 0 Å². The van der Waals surface area contributed by atoms with E-state index in [0.29, 0.717) is 31.9 Å². The fraction of sp³-hybridized carbons (Fsp3) is 0.611. The van der Waals surface area contributed by atoms with E-state index < -0.39 is 23.2 Å². The van der Waals surface area contributed by atoms with Crippen LogP contribution in [0.4, 0.5) is 8.78 Å². The molecule has 0 bridgehead atoms. The molecule has 2 aliphatic rings. The van der Waals surface area contributed by atoms with Crippen molar-refractivity contribution in [2.45, 2.75) is 18.9 Å². The molecule has 5 nitrogen and oxygen atoms in total. The summed E-state index contributed by atoms with van der Waals surface area (Å²) >= 11 is 0. The summed E-state index contributed by atoms with van der Waals surface area (Å²) < 4.78 is 37.7. The van der Waals surface area contributed by atoms with Crippen LogP contribution in [0.25, 0.3) is 0 Å². The summed E-state index contributed by atoms with van der Waals surface area (Å²) in [5.74, 6) is -1.73. The van der Waals surface area contributed by atoms with Crippen LogP contribution in [0.15, 0.2) is 18.2 Å². The molecule has 2 heterocycles. The normalized spacial score (nSPS) is 23.5. The number of ether oxygens (including phenoxy) is 2. The minimum Gasteiger partial charge on any atom is -0.384 e. The summed E-state index contributed by atoms with van der Waals surface area (Å²) in [6, 6.07) is 3.74. The smallest absolute Gasteiger partial charge is 0.231 e. The molecule has 0 aliphatic carbocycles. The van der Waals surface area contributed by atoms with E-state index in [1.54, 1.807) is 12.0 Å². The first-order chi connectivity index (χ1) is 12.1. The zero-order valence-corrected chi connectivity index (χ0v) is 14.4. The van der Waals surface area contributed by atoms with E-state index in [2.05, 4.69) is 5.32 Å². The zero-order valence-electron chi connectivity index (χ0n) is 14.4. The number of methoxy groups -OCH3 is 1. The number of carbonyl (C=O) groups is 1. The van der Waals surface area contributed by atoms with Gasteiger partial charge in [0.25, 0.3) is 0 Å². The second-order valence-corrected chi connectivity index (χ2v) is 6.75. The Labute approximate surface area is 146 Å². The second kappa shape index (κ2) is 7.76.